The molecule has 0 amide bonds. The van der Waals surface area contributed by atoms with Gasteiger partial charge in [-0.05, 0) is 31.4 Å². The van der Waals surface area contributed by atoms with E-state index >= 15 is 0 Å². The number of hydrogen-bond donors (Lipinski definition) is 1. The molecule has 14 heavy (non-hydrogen) atoms. The molecule has 1 unspecified atom stereocenters. The third-order valence-corrected chi connectivity index (χ3v) is 2.66. The molecule has 0 heterocycles. The average molecular weight is 193 g/mol. The topological polar surface area (TPSA) is 12.0 Å². The number of benzene rings is 1. The molecule has 0 bridgehead atoms. The molecule has 1 atom stereocenters. The van der Waals surface area contributed by atoms with E-state index in [1.54, 1.807) is 12.1 Å². The van der Waals surface area contributed by atoms with Crippen molar-refractivity contribution in [3.8, 4) is 0 Å². The van der Waals surface area contributed by atoms with Gasteiger partial charge in [0.1, 0.15) is 5.82 Å². The normalized spacial score (nSPS) is 17.9. The predicted octanol–water partition coefficient (Wildman–Crippen LogP) is 3.43. The zero-order chi connectivity index (χ0) is 9.97. The maximum Gasteiger partial charge on any atom is 0.146 e. The highest BCUT2D eigenvalue weighted by Crippen LogP contribution is 2.34. The highest BCUT2D eigenvalue weighted by Gasteiger charge is 2.23. The fraction of sp³-hybridized carbons (Fsp3) is 0.500. The molecule has 1 N–H and O–H groups in total. The average Bonchev–Trinajstić information content (AvgIpc) is 2.93. The Kier molecular flexibility index (Phi) is 2.71. The highest BCUT2D eigenvalue weighted by molar-refractivity contribution is 5.44. The smallest absolute Gasteiger partial charge is 0.146 e. The largest absolute Gasteiger partial charge is 0.380 e. The molecule has 2 rings (SSSR count). The first-order valence-corrected chi connectivity index (χ1v) is 5.27. The Morgan fingerprint density at radius 3 is 2.79 bits per heavy atom. The van der Waals surface area contributed by atoms with Gasteiger partial charge in [-0.15, -0.1) is 0 Å². The third-order valence-electron chi connectivity index (χ3n) is 2.66. The van der Waals surface area contributed by atoms with Crippen LogP contribution in [0.15, 0.2) is 24.3 Å². The summed E-state index contributed by atoms with van der Waals surface area (Å²) in [5.41, 5.74) is 0.626. The van der Waals surface area contributed by atoms with Crippen LogP contribution in [0.1, 0.15) is 26.2 Å². The summed E-state index contributed by atoms with van der Waals surface area (Å²) >= 11 is 0. The monoisotopic (exact) mass is 193 g/mol. The fourth-order valence-corrected chi connectivity index (χ4v) is 1.76. The lowest BCUT2D eigenvalue weighted by Crippen LogP contribution is -2.16. The highest BCUT2D eigenvalue weighted by atomic mass is 19.1. The van der Waals surface area contributed by atoms with Crippen molar-refractivity contribution in [2.24, 2.45) is 5.92 Å². The van der Waals surface area contributed by atoms with Gasteiger partial charge in [-0.3, -0.25) is 0 Å². The molecular formula is C12H16FN. The number of para-hydroxylation sites is 1. The first-order chi connectivity index (χ1) is 6.75. The van der Waals surface area contributed by atoms with Crippen LogP contribution < -0.4 is 5.32 Å². The summed E-state index contributed by atoms with van der Waals surface area (Å²) in [6.45, 7) is 2.12. The van der Waals surface area contributed by atoms with Gasteiger partial charge in [-0.25, -0.2) is 4.39 Å². The molecule has 1 fully saturated rings. The van der Waals surface area contributed by atoms with E-state index in [1.807, 2.05) is 6.07 Å². The van der Waals surface area contributed by atoms with Crippen LogP contribution in [0.25, 0.3) is 0 Å². The van der Waals surface area contributed by atoms with Crippen LogP contribution in [0.5, 0.6) is 0 Å². The number of halogens is 1. The number of anilines is 1. The Balaban J connectivity index is 1.91. The SMILES string of the molecule is CC(CC1CC1)Nc1ccccc1F. The number of hydrogen-bond acceptors (Lipinski definition) is 1. The fourth-order valence-electron chi connectivity index (χ4n) is 1.76. The Hall–Kier alpha value is -1.05. The van der Waals surface area contributed by atoms with Gasteiger partial charge in [0.2, 0.25) is 0 Å². The van der Waals surface area contributed by atoms with E-state index in [9.17, 15) is 4.39 Å². The molecular weight excluding hydrogens is 177 g/mol. The van der Waals surface area contributed by atoms with Gasteiger partial charge in [0, 0.05) is 6.04 Å². The zero-order valence-corrected chi connectivity index (χ0v) is 8.46. The second-order valence-electron chi connectivity index (χ2n) is 4.20. The summed E-state index contributed by atoms with van der Waals surface area (Å²) in [7, 11) is 0. The molecule has 0 saturated heterocycles. The van der Waals surface area contributed by atoms with E-state index in [0.717, 1.165) is 12.3 Å². The Bertz CT molecular complexity index is 307. The Labute approximate surface area is 84.3 Å². The lowest BCUT2D eigenvalue weighted by Gasteiger charge is -2.15. The van der Waals surface area contributed by atoms with Crippen molar-refractivity contribution >= 4 is 5.69 Å². The molecule has 0 aliphatic heterocycles. The van der Waals surface area contributed by atoms with Crippen molar-refractivity contribution in [1.29, 1.82) is 0 Å². The van der Waals surface area contributed by atoms with Crippen LogP contribution in [0.3, 0.4) is 0 Å². The molecule has 1 aromatic carbocycles. The van der Waals surface area contributed by atoms with Crippen LogP contribution in [0.4, 0.5) is 10.1 Å². The lowest BCUT2D eigenvalue weighted by molar-refractivity contribution is 0.610. The van der Waals surface area contributed by atoms with Crippen molar-refractivity contribution in [1.82, 2.24) is 0 Å². The maximum atomic E-state index is 13.2. The standard InChI is InChI=1S/C12H16FN/c1-9(8-10-6-7-10)14-12-5-3-2-4-11(12)13/h2-5,9-10,14H,6-8H2,1H3. The van der Waals surface area contributed by atoms with Gasteiger partial charge < -0.3 is 5.32 Å². The second kappa shape index (κ2) is 3.99. The number of nitrogens with one attached hydrogen (secondary N) is 1. The summed E-state index contributed by atoms with van der Waals surface area (Å²) in [5.74, 6) is 0.722. The minimum absolute atomic E-state index is 0.157. The quantitative estimate of drug-likeness (QED) is 0.772. The Morgan fingerprint density at radius 2 is 2.14 bits per heavy atom. The van der Waals surface area contributed by atoms with Crippen molar-refractivity contribution < 1.29 is 4.39 Å². The van der Waals surface area contributed by atoms with Crippen LogP contribution in [0.2, 0.25) is 0 Å². The van der Waals surface area contributed by atoms with Gasteiger partial charge in [0.25, 0.3) is 0 Å². The zero-order valence-electron chi connectivity index (χ0n) is 8.46. The number of rotatable bonds is 4. The van der Waals surface area contributed by atoms with Gasteiger partial charge in [-0.2, -0.15) is 0 Å². The minimum Gasteiger partial charge on any atom is -0.380 e. The van der Waals surface area contributed by atoms with Gasteiger partial charge >= 0.3 is 0 Å². The van der Waals surface area contributed by atoms with Crippen LogP contribution in [-0.2, 0) is 0 Å². The van der Waals surface area contributed by atoms with Crippen molar-refractivity contribution in [3.05, 3.63) is 30.1 Å². The third kappa shape index (κ3) is 2.47. The van der Waals surface area contributed by atoms with Crippen molar-refractivity contribution in [2.75, 3.05) is 5.32 Å². The van der Waals surface area contributed by atoms with E-state index < -0.39 is 0 Å². The molecule has 1 saturated carbocycles. The van der Waals surface area contributed by atoms with E-state index in [2.05, 4.69) is 12.2 Å². The lowest BCUT2D eigenvalue weighted by atomic mass is 10.1. The summed E-state index contributed by atoms with van der Waals surface area (Å²) in [5, 5.41) is 3.21. The molecule has 2 heteroatoms. The predicted molar refractivity (Wildman–Crippen MR) is 56.8 cm³/mol. The molecule has 0 spiro atoms. The summed E-state index contributed by atoms with van der Waals surface area (Å²) in [4.78, 5) is 0. The van der Waals surface area contributed by atoms with E-state index in [-0.39, 0.29) is 5.82 Å². The molecule has 1 aliphatic rings. The Morgan fingerprint density at radius 1 is 1.43 bits per heavy atom. The van der Waals surface area contributed by atoms with Gasteiger partial charge in [0.05, 0.1) is 5.69 Å². The molecule has 76 valence electrons. The first-order valence-electron chi connectivity index (χ1n) is 5.27. The van der Waals surface area contributed by atoms with Crippen LogP contribution in [-0.4, -0.2) is 6.04 Å². The molecule has 1 aliphatic carbocycles. The van der Waals surface area contributed by atoms with Gasteiger partial charge in [-0.1, -0.05) is 25.0 Å². The molecule has 0 radical (unpaired) electrons. The van der Waals surface area contributed by atoms with E-state index in [4.69, 9.17) is 0 Å². The van der Waals surface area contributed by atoms with E-state index in [1.165, 1.54) is 18.9 Å². The van der Waals surface area contributed by atoms with Gasteiger partial charge in [0.15, 0.2) is 0 Å². The summed E-state index contributed by atoms with van der Waals surface area (Å²) < 4.78 is 13.2. The van der Waals surface area contributed by atoms with E-state index in [0.29, 0.717) is 11.7 Å². The first kappa shape index (κ1) is 9.50. The molecule has 0 aromatic heterocycles. The van der Waals surface area contributed by atoms with Crippen molar-refractivity contribution in [2.45, 2.75) is 32.2 Å². The maximum absolute atomic E-state index is 13.2. The van der Waals surface area contributed by atoms with Crippen LogP contribution in [0, 0.1) is 11.7 Å². The van der Waals surface area contributed by atoms with Crippen LogP contribution >= 0.6 is 0 Å². The molecule has 1 nitrogen and oxygen atoms in total. The summed E-state index contributed by atoms with van der Waals surface area (Å²) in [6, 6.07) is 7.23. The second-order valence-corrected chi connectivity index (χ2v) is 4.20. The minimum atomic E-state index is -0.157. The van der Waals surface area contributed by atoms with Crippen molar-refractivity contribution in [3.63, 3.8) is 0 Å². The summed E-state index contributed by atoms with van der Waals surface area (Å²) in [6.07, 6.45) is 3.86. The molecule has 1 aromatic rings.